The lowest BCUT2D eigenvalue weighted by Crippen LogP contribution is -2.19. The third-order valence-corrected chi connectivity index (χ3v) is 4.44. The standard InChI is InChI=1S/C17H21N3O5S/c1-10-12(6-7-21)16(23)20-17(18-10)26-9-15(22)19-11-4-5-13(24-2)14(8-11)25-3/h4-5,8,21H,6-7,9H2,1-3H3,(H,19,22)(H,18,20,23). The smallest absolute Gasteiger partial charge is 0.255 e. The van der Waals surface area contributed by atoms with E-state index >= 15 is 0 Å². The number of nitrogens with one attached hydrogen (secondary N) is 2. The van der Waals surface area contributed by atoms with Crippen molar-refractivity contribution in [2.24, 2.45) is 0 Å². The number of aromatic amines is 1. The molecule has 0 fully saturated rings. The second-order valence-electron chi connectivity index (χ2n) is 5.32. The van der Waals surface area contributed by atoms with Gasteiger partial charge in [-0.3, -0.25) is 9.59 Å². The maximum atomic E-state index is 12.1. The highest BCUT2D eigenvalue weighted by Crippen LogP contribution is 2.29. The molecule has 0 atom stereocenters. The first-order chi connectivity index (χ1) is 12.5. The van der Waals surface area contributed by atoms with Crippen molar-refractivity contribution in [3.63, 3.8) is 0 Å². The number of aromatic nitrogens is 2. The fraction of sp³-hybridized carbons (Fsp3) is 0.353. The van der Waals surface area contributed by atoms with Gasteiger partial charge in [0, 0.05) is 36.0 Å². The zero-order valence-electron chi connectivity index (χ0n) is 14.8. The number of aryl methyl sites for hydroxylation is 1. The van der Waals surface area contributed by atoms with Crippen molar-refractivity contribution in [2.75, 3.05) is 31.9 Å². The molecular weight excluding hydrogens is 358 g/mol. The van der Waals surface area contributed by atoms with Gasteiger partial charge in [-0.2, -0.15) is 0 Å². The summed E-state index contributed by atoms with van der Waals surface area (Å²) >= 11 is 1.12. The Morgan fingerprint density at radius 3 is 2.65 bits per heavy atom. The van der Waals surface area contributed by atoms with Gasteiger partial charge in [0.05, 0.1) is 20.0 Å². The van der Waals surface area contributed by atoms with Gasteiger partial charge in [0.25, 0.3) is 5.56 Å². The van der Waals surface area contributed by atoms with E-state index in [1.165, 1.54) is 14.2 Å². The summed E-state index contributed by atoms with van der Waals surface area (Å²) in [7, 11) is 3.05. The van der Waals surface area contributed by atoms with Gasteiger partial charge in [0.2, 0.25) is 5.91 Å². The summed E-state index contributed by atoms with van der Waals surface area (Å²) in [5, 5.41) is 12.1. The van der Waals surface area contributed by atoms with Crippen molar-refractivity contribution in [2.45, 2.75) is 18.5 Å². The first kappa shape index (κ1) is 19.8. The number of hydrogen-bond acceptors (Lipinski definition) is 7. The van der Waals surface area contributed by atoms with E-state index in [2.05, 4.69) is 15.3 Å². The molecule has 1 heterocycles. The molecule has 0 aliphatic rings. The Bertz CT molecular complexity index is 838. The van der Waals surface area contributed by atoms with Gasteiger partial charge < -0.3 is 24.9 Å². The predicted octanol–water partition coefficient (Wildman–Crippen LogP) is 1.36. The number of amides is 1. The van der Waals surface area contributed by atoms with E-state index in [1.54, 1.807) is 25.1 Å². The van der Waals surface area contributed by atoms with Gasteiger partial charge in [-0.25, -0.2) is 4.98 Å². The molecular formula is C17H21N3O5S. The van der Waals surface area contributed by atoms with Gasteiger partial charge in [0.1, 0.15) is 0 Å². The number of aliphatic hydroxyl groups is 1. The van der Waals surface area contributed by atoms with E-state index in [-0.39, 0.29) is 30.2 Å². The summed E-state index contributed by atoms with van der Waals surface area (Å²) in [6, 6.07) is 5.07. The monoisotopic (exact) mass is 379 g/mol. The highest BCUT2D eigenvalue weighted by atomic mass is 32.2. The number of nitrogens with zero attached hydrogens (tertiary/aromatic N) is 1. The molecule has 0 unspecified atom stereocenters. The maximum absolute atomic E-state index is 12.1. The zero-order chi connectivity index (χ0) is 19.1. The average molecular weight is 379 g/mol. The van der Waals surface area contributed by atoms with Crippen LogP contribution in [0, 0.1) is 6.92 Å². The van der Waals surface area contributed by atoms with Gasteiger partial charge in [-0.15, -0.1) is 0 Å². The van der Waals surface area contributed by atoms with Crippen LogP contribution >= 0.6 is 11.8 Å². The number of aliphatic hydroxyl groups excluding tert-OH is 1. The predicted molar refractivity (Wildman–Crippen MR) is 99.3 cm³/mol. The van der Waals surface area contributed by atoms with Crippen molar-refractivity contribution < 1.29 is 19.4 Å². The lowest BCUT2D eigenvalue weighted by atomic mass is 10.2. The molecule has 2 aromatic rings. The average Bonchev–Trinajstić information content (AvgIpc) is 2.63. The van der Waals surface area contributed by atoms with Crippen LogP contribution in [0.2, 0.25) is 0 Å². The Hall–Kier alpha value is -2.52. The Morgan fingerprint density at radius 1 is 1.31 bits per heavy atom. The van der Waals surface area contributed by atoms with E-state index < -0.39 is 0 Å². The van der Waals surface area contributed by atoms with Crippen molar-refractivity contribution in [1.82, 2.24) is 9.97 Å². The summed E-state index contributed by atoms with van der Waals surface area (Å²) in [5.74, 6) is 0.914. The van der Waals surface area contributed by atoms with Crippen LogP contribution in [0.3, 0.4) is 0 Å². The van der Waals surface area contributed by atoms with Crippen LogP contribution in [0.15, 0.2) is 28.2 Å². The highest BCUT2D eigenvalue weighted by molar-refractivity contribution is 7.99. The summed E-state index contributed by atoms with van der Waals surface area (Å²) in [4.78, 5) is 31.0. The molecule has 0 aliphatic heterocycles. The number of ether oxygens (including phenoxy) is 2. The zero-order valence-corrected chi connectivity index (χ0v) is 15.6. The van der Waals surface area contributed by atoms with Crippen LogP contribution in [-0.2, 0) is 11.2 Å². The molecule has 1 aromatic carbocycles. The van der Waals surface area contributed by atoms with Crippen molar-refractivity contribution >= 4 is 23.4 Å². The Morgan fingerprint density at radius 2 is 2.04 bits per heavy atom. The first-order valence-electron chi connectivity index (χ1n) is 7.83. The van der Waals surface area contributed by atoms with Gasteiger partial charge >= 0.3 is 0 Å². The molecule has 0 saturated carbocycles. The molecule has 2 rings (SSSR count). The molecule has 8 nitrogen and oxygen atoms in total. The van der Waals surface area contributed by atoms with E-state index in [9.17, 15) is 9.59 Å². The Balaban J connectivity index is 2.00. The number of hydrogen-bond donors (Lipinski definition) is 3. The molecule has 26 heavy (non-hydrogen) atoms. The maximum Gasteiger partial charge on any atom is 0.255 e. The minimum atomic E-state index is -0.297. The summed E-state index contributed by atoms with van der Waals surface area (Å²) in [5.41, 5.74) is 1.27. The number of H-pyrrole nitrogens is 1. The second kappa shape index (κ2) is 9.25. The van der Waals surface area contributed by atoms with Crippen molar-refractivity contribution in [3.8, 4) is 11.5 Å². The van der Waals surface area contributed by atoms with E-state index in [4.69, 9.17) is 14.6 Å². The number of carbonyl (C=O) groups excluding carboxylic acids is 1. The van der Waals surface area contributed by atoms with Gasteiger partial charge in [-0.05, 0) is 19.1 Å². The molecule has 3 N–H and O–H groups in total. The molecule has 1 amide bonds. The first-order valence-corrected chi connectivity index (χ1v) is 8.82. The number of carbonyl (C=O) groups is 1. The minimum Gasteiger partial charge on any atom is -0.493 e. The van der Waals surface area contributed by atoms with Crippen LogP contribution in [0.4, 0.5) is 5.69 Å². The quantitative estimate of drug-likeness (QED) is 0.469. The number of benzene rings is 1. The summed E-state index contributed by atoms with van der Waals surface area (Å²) in [6.07, 6.45) is 0.249. The van der Waals surface area contributed by atoms with E-state index in [0.717, 1.165) is 11.8 Å². The number of anilines is 1. The van der Waals surface area contributed by atoms with Gasteiger partial charge in [0.15, 0.2) is 16.7 Å². The lowest BCUT2D eigenvalue weighted by Gasteiger charge is -2.10. The van der Waals surface area contributed by atoms with E-state index in [0.29, 0.717) is 33.6 Å². The van der Waals surface area contributed by atoms with Crippen LogP contribution in [-0.4, -0.2) is 47.6 Å². The number of thioether (sulfide) groups is 1. The molecule has 0 bridgehead atoms. The van der Waals surface area contributed by atoms with Crippen molar-refractivity contribution in [1.29, 1.82) is 0 Å². The van der Waals surface area contributed by atoms with Gasteiger partial charge in [-0.1, -0.05) is 11.8 Å². The number of rotatable bonds is 8. The Labute approximate surface area is 154 Å². The molecule has 0 radical (unpaired) electrons. The number of methoxy groups -OCH3 is 2. The largest absolute Gasteiger partial charge is 0.493 e. The minimum absolute atomic E-state index is 0.0794. The van der Waals surface area contributed by atoms with Crippen LogP contribution in [0.25, 0.3) is 0 Å². The molecule has 0 aliphatic carbocycles. The fourth-order valence-corrected chi connectivity index (χ4v) is 3.01. The third kappa shape index (κ3) is 4.99. The topological polar surface area (TPSA) is 114 Å². The molecule has 9 heteroatoms. The summed E-state index contributed by atoms with van der Waals surface area (Å²) < 4.78 is 10.3. The summed E-state index contributed by atoms with van der Waals surface area (Å²) in [6.45, 7) is 1.58. The van der Waals surface area contributed by atoms with Crippen LogP contribution in [0.5, 0.6) is 11.5 Å². The lowest BCUT2D eigenvalue weighted by molar-refractivity contribution is -0.113. The van der Waals surface area contributed by atoms with E-state index in [1.807, 2.05) is 0 Å². The highest BCUT2D eigenvalue weighted by Gasteiger charge is 2.11. The SMILES string of the molecule is COc1ccc(NC(=O)CSc2nc(C)c(CCO)c(=O)[nH]2)cc1OC. The fourth-order valence-electron chi connectivity index (χ4n) is 2.30. The van der Waals surface area contributed by atoms with Crippen LogP contribution < -0.4 is 20.3 Å². The third-order valence-electron chi connectivity index (χ3n) is 3.57. The Kier molecular flexibility index (Phi) is 7.05. The molecule has 0 saturated heterocycles. The normalized spacial score (nSPS) is 10.5. The second-order valence-corrected chi connectivity index (χ2v) is 6.28. The molecule has 0 spiro atoms. The molecule has 1 aromatic heterocycles. The molecule has 140 valence electrons. The van der Waals surface area contributed by atoms with Crippen LogP contribution in [0.1, 0.15) is 11.3 Å². The van der Waals surface area contributed by atoms with Crippen molar-refractivity contribution in [3.05, 3.63) is 39.8 Å².